The number of alkyl halides is 6. The highest BCUT2D eigenvalue weighted by atomic mass is 19.4. The standard InChI is InChI=1S/C26H26F6N2O2/c1-3-4-10-34(17-22-8-6-11-33(22)16-18-7-5-9-23(12-18)36-2)24(35)19-13-20(25(27,28)29)15-21(14-19)26(30,31)32/h5-9,11-15H,3-4,10,16-17H2,1-2H3. The average molecular weight is 512 g/mol. The molecule has 194 valence electrons. The Hall–Kier alpha value is -3.43. The van der Waals surface area contributed by atoms with Crippen molar-refractivity contribution in [2.75, 3.05) is 13.7 Å². The predicted molar refractivity (Wildman–Crippen MR) is 123 cm³/mol. The Morgan fingerprint density at radius 2 is 1.61 bits per heavy atom. The Kier molecular flexibility index (Phi) is 8.37. The summed E-state index contributed by atoms with van der Waals surface area (Å²) in [5.41, 5.74) is -2.08. The summed E-state index contributed by atoms with van der Waals surface area (Å²) in [4.78, 5) is 14.5. The van der Waals surface area contributed by atoms with Crippen LogP contribution in [0.3, 0.4) is 0 Å². The molecule has 0 saturated carbocycles. The fraction of sp³-hybridized carbons (Fsp3) is 0.346. The number of nitrogens with zero attached hydrogens (tertiary/aromatic N) is 2. The lowest BCUT2D eigenvalue weighted by Crippen LogP contribution is -2.33. The highest BCUT2D eigenvalue weighted by Crippen LogP contribution is 2.36. The topological polar surface area (TPSA) is 34.5 Å². The fourth-order valence-electron chi connectivity index (χ4n) is 3.77. The summed E-state index contributed by atoms with van der Waals surface area (Å²) in [5, 5.41) is 0. The number of ether oxygens (including phenoxy) is 1. The van der Waals surface area contributed by atoms with Gasteiger partial charge in [-0.15, -0.1) is 0 Å². The van der Waals surface area contributed by atoms with E-state index in [1.807, 2.05) is 29.7 Å². The lowest BCUT2D eigenvalue weighted by Gasteiger charge is -2.25. The first-order chi connectivity index (χ1) is 16.9. The van der Waals surface area contributed by atoms with Crippen LogP contribution in [0.1, 0.15) is 52.5 Å². The molecule has 1 heterocycles. The van der Waals surface area contributed by atoms with Crippen molar-refractivity contribution in [3.63, 3.8) is 0 Å². The molecule has 0 spiro atoms. The first kappa shape index (κ1) is 27.2. The number of unbranched alkanes of at least 4 members (excludes halogenated alkanes) is 1. The molecule has 1 aromatic heterocycles. The Morgan fingerprint density at radius 1 is 0.944 bits per heavy atom. The first-order valence-corrected chi connectivity index (χ1v) is 11.3. The Bertz CT molecular complexity index is 1150. The molecular formula is C26H26F6N2O2. The molecule has 0 radical (unpaired) electrons. The summed E-state index contributed by atoms with van der Waals surface area (Å²) in [7, 11) is 1.55. The van der Waals surface area contributed by atoms with Crippen molar-refractivity contribution in [3.05, 3.63) is 88.7 Å². The third-order valence-electron chi connectivity index (χ3n) is 5.67. The molecular weight excluding hydrogens is 486 g/mol. The third-order valence-corrected chi connectivity index (χ3v) is 5.67. The van der Waals surface area contributed by atoms with Crippen LogP contribution >= 0.6 is 0 Å². The molecule has 2 aromatic carbocycles. The van der Waals surface area contributed by atoms with Crippen LogP contribution in [0, 0.1) is 0 Å². The van der Waals surface area contributed by atoms with Crippen LogP contribution in [0.2, 0.25) is 0 Å². The van der Waals surface area contributed by atoms with Crippen molar-refractivity contribution < 1.29 is 35.9 Å². The summed E-state index contributed by atoms with van der Waals surface area (Å²) in [5.74, 6) is -0.222. The quantitative estimate of drug-likeness (QED) is 0.289. The minimum Gasteiger partial charge on any atom is -0.497 e. The van der Waals surface area contributed by atoms with Gasteiger partial charge in [0, 0.05) is 30.5 Å². The molecule has 1 amide bonds. The number of halogens is 6. The molecule has 0 aliphatic carbocycles. The van der Waals surface area contributed by atoms with E-state index in [1.165, 1.54) is 4.90 Å². The van der Waals surface area contributed by atoms with Gasteiger partial charge in [-0.05, 0) is 54.4 Å². The van der Waals surface area contributed by atoms with Gasteiger partial charge < -0.3 is 14.2 Å². The molecule has 36 heavy (non-hydrogen) atoms. The van der Waals surface area contributed by atoms with Crippen molar-refractivity contribution in [1.29, 1.82) is 0 Å². The average Bonchev–Trinajstić information content (AvgIpc) is 3.26. The fourth-order valence-corrected chi connectivity index (χ4v) is 3.77. The monoisotopic (exact) mass is 512 g/mol. The van der Waals surface area contributed by atoms with Gasteiger partial charge in [0.15, 0.2) is 0 Å². The molecule has 4 nitrogen and oxygen atoms in total. The van der Waals surface area contributed by atoms with Gasteiger partial charge in [-0.2, -0.15) is 26.3 Å². The molecule has 0 fully saturated rings. The Labute approximate surface area is 205 Å². The SMILES string of the molecule is CCCCN(Cc1cccn1Cc1cccc(OC)c1)C(=O)c1cc(C(F)(F)F)cc(C(F)(F)F)c1. The van der Waals surface area contributed by atoms with Gasteiger partial charge in [-0.25, -0.2) is 0 Å². The summed E-state index contributed by atoms with van der Waals surface area (Å²) in [6.07, 6.45) is -7.05. The number of hydrogen-bond donors (Lipinski definition) is 0. The molecule has 0 saturated heterocycles. The molecule has 0 N–H and O–H groups in total. The zero-order valence-corrected chi connectivity index (χ0v) is 19.8. The summed E-state index contributed by atoms with van der Waals surface area (Å²) in [6, 6.07) is 11.9. The lowest BCUT2D eigenvalue weighted by atomic mass is 10.0. The Morgan fingerprint density at radius 3 is 2.19 bits per heavy atom. The lowest BCUT2D eigenvalue weighted by molar-refractivity contribution is -0.143. The van der Waals surface area contributed by atoms with Crippen molar-refractivity contribution >= 4 is 5.91 Å². The molecule has 10 heteroatoms. The number of methoxy groups -OCH3 is 1. The first-order valence-electron chi connectivity index (χ1n) is 11.3. The second-order valence-electron chi connectivity index (χ2n) is 8.35. The maximum absolute atomic E-state index is 13.3. The molecule has 0 aliphatic rings. The summed E-state index contributed by atoms with van der Waals surface area (Å²) in [6.45, 7) is 2.52. The number of benzene rings is 2. The van der Waals surface area contributed by atoms with Crippen molar-refractivity contribution in [1.82, 2.24) is 9.47 Å². The van der Waals surface area contributed by atoms with Gasteiger partial charge in [0.25, 0.3) is 5.91 Å². The minimum atomic E-state index is -5.03. The second-order valence-corrected chi connectivity index (χ2v) is 8.35. The zero-order valence-electron chi connectivity index (χ0n) is 19.8. The number of hydrogen-bond acceptors (Lipinski definition) is 2. The van der Waals surface area contributed by atoms with Crippen LogP contribution in [0.4, 0.5) is 26.3 Å². The van der Waals surface area contributed by atoms with E-state index in [0.29, 0.717) is 43.0 Å². The Balaban J connectivity index is 1.93. The van der Waals surface area contributed by atoms with Gasteiger partial charge in [0.05, 0.1) is 24.8 Å². The van der Waals surface area contributed by atoms with E-state index in [-0.39, 0.29) is 19.2 Å². The summed E-state index contributed by atoms with van der Waals surface area (Å²) < 4.78 is 87.0. The molecule has 0 unspecified atom stereocenters. The van der Waals surface area contributed by atoms with E-state index in [0.717, 1.165) is 5.56 Å². The van der Waals surface area contributed by atoms with Crippen molar-refractivity contribution in [2.24, 2.45) is 0 Å². The van der Waals surface area contributed by atoms with Crippen LogP contribution < -0.4 is 4.74 Å². The molecule has 0 aliphatic heterocycles. The molecule has 0 bridgehead atoms. The van der Waals surface area contributed by atoms with Crippen LogP contribution in [0.15, 0.2) is 60.8 Å². The smallest absolute Gasteiger partial charge is 0.416 e. The van der Waals surface area contributed by atoms with Crippen LogP contribution in [0.25, 0.3) is 0 Å². The van der Waals surface area contributed by atoms with Gasteiger partial charge in [0.1, 0.15) is 5.75 Å². The van der Waals surface area contributed by atoms with Crippen LogP contribution in [0.5, 0.6) is 5.75 Å². The normalized spacial score (nSPS) is 12.0. The second kappa shape index (κ2) is 11.1. The zero-order chi connectivity index (χ0) is 26.5. The van der Waals surface area contributed by atoms with E-state index in [9.17, 15) is 31.1 Å². The maximum atomic E-state index is 13.3. The maximum Gasteiger partial charge on any atom is 0.416 e. The third kappa shape index (κ3) is 6.83. The van der Waals surface area contributed by atoms with Gasteiger partial charge in [0.2, 0.25) is 0 Å². The van der Waals surface area contributed by atoms with Crippen molar-refractivity contribution in [3.8, 4) is 5.75 Å². The van der Waals surface area contributed by atoms with E-state index in [4.69, 9.17) is 4.74 Å². The van der Waals surface area contributed by atoms with Crippen LogP contribution in [-0.4, -0.2) is 29.0 Å². The molecule has 0 atom stereocenters. The number of carbonyl (C=O) groups is 1. The number of carbonyl (C=O) groups excluding carboxylic acids is 1. The van der Waals surface area contributed by atoms with Gasteiger partial charge in [-0.3, -0.25) is 4.79 Å². The van der Waals surface area contributed by atoms with Gasteiger partial charge in [-0.1, -0.05) is 25.5 Å². The highest BCUT2D eigenvalue weighted by Gasteiger charge is 2.38. The summed E-state index contributed by atoms with van der Waals surface area (Å²) >= 11 is 0. The van der Waals surface area contributed by atoms with E-state index >= 15 is 0 Å². The van der Waals surface area contributed by atoms with E-state index < -0.39 is 35.0 Å². The molecule has 3 aromatic rings. The molecule has 3 rings (SSSR count). The van der Waals surface area contributed by atoms with E-state index in [1.54, 1.807) is 31.5 Å². The van der Waals surface area contributed by atoms with Crippen LogP contribution in [-0.2, 0) is 25.4 Å². The largest absolute Gasteiger partial charge is 0.497 e. The predicted octanol–water partition coefficient (Wildman–Crippen LogP) is 7.03. The highest BCUT2D eigenvalue weighted by molar-refractivity contribution is 5.94. The van der Waals surface area contributed by atoms with E-state index in [2.05, 4.69) is 0 Å². The number of rotatable bonds is 9. The van der Waals surface area contributed by atoms with Gasteiger partial charge >= 0.3 is 12.4 Å². The minimum absolute atomic E-state index is 0.0203. The number of amides is 1. The van der Waals surface area contributed by atoms with Crippen molar-refractivity contribution in [2.45, 2.75) is 45.2 Å². The number of aromatic nitrogens is 1.